The van der Waals surface area contributed by atoms with Crippen molar-refractivity contribution >= 4 is 22.9 Å². The van der Waals surface area contributed by atoms with Gasteiger partial charge in [-0.05, 0) is 25.0 Å². The van der Waals surface area contributed by atoms with Crippen LogP contribution in [0.4, 0.5) is 5.95 Å². The van der Waals surface area contributed by atoms with E-state index in [4.69, 9.17) is 4.98 Å². The Bertz CT molecular complexity index is 891. The molecule has 3 aromatic rings. The second-order valence-electron chi connectivity index (χ2n) is 6.31. The van der Waals surface area contributed by atoms with Crippen molar-refractivity contribution in [2.24, 2.45) is 7.05 Å². The van der Waals surface area contributed by atoms with Crippen LogP contribution in [0, 0.1) is 0 Å². The zero-order valence-corrected chi connectivity index (χ0v) is 14.1. The van der Waals surface area contributed by atoms with Crippen molar-refractivity contribution in [3.05, 3.63) is 48.5 Å². The molecule has 25 heavy (non-hydrogen) atoms. The van der Waals surface area contributed by atoms with Crippen LogP contribution in [-0.2, 0) is 7.05 Å². The first-order chi connectivity index (χ1) is 12.2. The lowest BCUT2D eigenvalue weighted by Crippen LogP contribution is -2.48. The van der Waals surface area contributed by atoms with E-state index in [1.807, 2.05) is 25.2 Å². The number of fused-ring (bicyclic) bond motifs is 1. The molecule has 7 heteroatoms. The van der Waals surface area contributed by atoms with Crippen molar-refractivity contribution in [3.8, 4) is 0 Å². The second kappa shape index (κ2) is 6.51. The monoisotopic (exact) mass is 336 g/mol. The lowest BCUT2D eigenvalue weighted by Gasteiger charge is -2.33. The second-order valence-corrected chi connectivity index (χ2v) is 6.31. The van der Waals surface area contributed by atoms with Crippen LogP contribution < -0.4 is 10.2 Å². The molecule has 1 aliphatic rings. The molecular weight excluding hydrogens is 316 g/mol. The van der Waals surface area contributed by atoms with E-state index in [2.05, 4.69) is 30.8 Å². The van der Waals surface area contributed by atoms with Gasteiger partial charge in [0.2, 0.25) is 5.95 Å². The zero-order chi connectivity index (χ0) is 17.2. The quantitative estimate of drug-likeness (QED) is 0.789. The van der Waals surface area contributed by atoms with Crippen LogP contribution in [0.2, 0.25) is 0 Å². The van der Waals surface area contributed by atoms with Crippen molar-refractivity contribution in [3.63, 3.8) is 0 Å². The van der Waals surface area contributed by atoms with Crippen molar-refractivity contribution in [1.29, 1.82) is 0 Å². The number of hydrogen-bond donors (Lipinski definition) is 1. The molecule has 0 saturated carbocycles. The molecule has 0 radical (unpaired) electrons. The first-order valence-corrected chi connectivity index (χ1v) is 8.45. The predicted octanol–water partition coefficient (Wildman–Crippen LogP) is 1.76. The molecule has 0 spiro atoms. The third-order valence-corrected chi connectivity index (χ3v) is 4.60. The van der Waals surface area contributed by atoms with Gasteiger partial charge in [-0.3, -0.25) is 9.78 Å². The summed E-state index contributed by atoms with van der Waals surface area (Å²) in [4.78, 5) is 27.3. The van der Waals surface area contributed by atoms with E-state index in [-0.39, 0.29) is 11.9 Å². The largest absolute Gasteiger partial charge is 0.346 e. The fourth-order valence-corrected chi connectivity index (χ4v) is 3.37. The molecule has 1 aromatic carbocycles. The number of piperidine rings is 1. The number of amides is 1. The first-order valence-electron chi connectivity index (χ1n) is 8.45. The third-order valence-electron chi connectivity index (χ3n) is 4.60. The molecule has 1 fully saturated rings. The minimum Gasteiger partial charge on any atom is -0.346 e. The van der Waals surface area contributed by atoms with Crippen molar-refractivity contribution in [2.45, 2.75) is 18.9 Å². The van der Waals surface area contributed by atoms with E-state index < -0.39 is 0 Å². The number of rotatable bonds is 3. The number of carbonyl (C=O) groups excluding carboxylic acids is 1. The molecule has 1 saturated heterocycles. The SMILES string of the molecule is Cn1c(N2CCCC(NC(=O)c3cnccn3)C2)nc2ccccc21. The lowest BCUT2D eigenvalue weighted by atomic mass is 10.1. The Morgan fingerprint density at radius 1 is 1.28 bits per heavy atom. The van der Waals surface area contributed by atoms with Crippen molar-refractivity contribution in [1.82, 2.24) is 24.8 Å². The number of nitrogens with one attached hydrogen (secondary N) is 1. The molecule has 1 atom stereocenters. The molecule has 1 N–H and O–H groups in total. The van der Waals surface area contributed by atoms with Crippen LogP contribution in [0.5, 0.6) is 0 Å². The molecule has 1 amide bonds. The van der Waals surface area contributed by atoms with E-state index in [1.54, 1.807) is 6.20 Å². The number of anilines is 1. The number of para-hydroxylation sites is 2. The van der Waals surface area contributed by atoms with Gasteiger partial charge < -0.3 is 14.8 Å². The molecule has 7 nitrogen and oxygen atoms in total. The summed E-state index contributed by atoms with van der Waals surface area (Å²) >= 11 is 0. The number of hydrogen-bond acceptors (Lipinski definition) is 5. The van der Waals surface area contributed by atoms with E-state index in [0.29, 0.717) is 5.69 Å². The summed E-state index contributed by atoms with van der Waals surface area (Å²) < 4.78 is 2.11. The zero-order valence-electron chi connectivity index (χ0n) is 14.1. The minimum absolute atomic E-state index is 0.0723. The molecule has 0 aliphatic carbocycles. The molecular formula is C18H20N6O. The summed E-state index contributed by atoms with van der Waals surface area (Å²) in [5, 5.41) is 3.07. The van der Waals surface area contributed by atoms with Gasteiger partial charge in [-0.1, -0.05) is 12.1 Å². The lowest BCUT2D eigenvalue weighted by molar-refractivity contribution is 0.0927. The minimum atomic E-state index is -0.176. The summed E-state index contributed by atoms with van der Waals surface area (Å²) in [6.45, 7) is 1.68. The van der Waals surface area contributed by atoms with Gasteiger partial charge in [0.25, 0.3) is 5.91 Å². The van der Waals surface area contributed by atoms with Gasteiger partial charge in [0.15, 0.2) is 0 Å². The number of benzene rings is 1. The summed E-state index contributed by atoms with van der Waals surface area (Å²) in [6.07, 6.45) is 6.54. The van der Waals surface area contributed by atoms with Crippen molar-refractivity contribution in [2.75, 3.05) is 18.0 Å². The van der Waals surface area contributed by atoms with Crippen LogP contribution >= 0.6 is 0 Å². The molecule has 1 aliphatic heterocycles. The number of carbonyl (C=O) groups is 1. The topological polar surface area (TPSA) is 75.9 Å². The third kappa shape index (κ3) is 3.05. The van der Waals surface area contributed by atoms with Crippen LogP contribution in [-0.4, -0.2) is 44.6 Å². The Kier molecular flexibility index (Phi) is 4.05. The average Bonchev–Trinajstić information content (AvgIpc) is 3.00. The number of imidazole rings is 1. The highest BCUT2D eigenvalue weighted by atomic mass is 16.2. The van der Waals surface area contributed by atoms with Gasteiger partial charge in [0, 0.05) is 38.6 Å². The highest BCUT2D eigenvalue weighted by molar-refractivity contribution is 5.92. The standard InChI is InChI=1S/C18H20N6O/c1-23-16-7-3-2-6-14(16)22-18(23)24-10-4-5-13(12-24)21-17(25)15-11-19-8-9-20-15/h2-3,6-9,11,13H,4-5,10,12H2,1H3,(H,21,25). The number of aromatic nitrogens is 4. The molecule has 0 bridgehead atoms. The van der Waals surface area contributed by atoms with E-state index in [9.17, 15) is 4.79 Å². The summed E-state index contributed by atoms with van der Waals surface area (Å²) in [5.41, 5.74) is 2.45. The van der Waals surface area contributed by atoms with Crippen LogP contribution in [0.25, 0.3) is 11.0 Å². The molecule has 1 unspecified atom stereocenters. The Hall–Kier alpha value is -2.96. The summed E-state index contributed by atoms with van der Waals surface area (Å²) in [5.74, 6) is 0.768. The highest BCUT2D eigenvalue weighted by Gasteiger charge is 2.25. The van der Waals surface area contributed by atoms with Gasteiger partial charge in [-0.15, -0.1) is 0 Å². The maximum absolute atomic E-state index is 12.3. The average molecular weight is 336 g/mol. The van der Waals surface area contributed by atoms with Gasteiger partial charge in [-0.2, -0.15) is 0 Å². The maximum Gasteiger partial charge on any atom is 0.271 e. The smallest absolute Gasteiger partial charge is 0.271 e. The van der Waals surface area contributed by atoms with E-state index >= 15 is 0 Å². The van der Waals surface area contributed by atoms with Crippen LogP contribution in [0.1, 0.15) is 23.3 Å². The Morgan fingerprint density at radius 3 is 2.96 bits per heavy atom. The maximum atomic E-state index is 12.3. The van der Waals surface area contributed by atoms with Gasteiger partial charge >= 0.3 is 0 Å². The fraction of sp³-hybridized carbons (Fsp3) is 0.333. The molecule has 4 rings (SSSR count). The Balaban J connectivity index is 1.51. The first kappa shape index (κ1) is 15.6. The van der Waals surface area contributed by atoms with E-state index in [1.165, 1.54) is 12.4 Å². The van der Waals surface area contributed by atoms with Gasteiger partial charge in [0.1, 0.15) is 5.69 Å². The van der Waals surface area contributed by atoms with Gasteiger partial charge in [0.05, 0.1) is 17.2 Å². The summed E-state index contributed by atoms with van der Waals surface area (Å²) in [6, 6.07) is 8.19. The highest BCUT2D eigenvalue weighted by Crippen LogP contribution is 2.24. The fourth-order valence-electron chi connectivity index (χ4n) is 3.37. The van der Waals surface area contributed by atoms with Gasteiger partial charge in [-0.25, -0.2) is 9.97 Å². The normalized spacial score (nSPS) is 17.6. The van der Waals surface area contributed by atoms with Crippen LogP contribution in [0.15, 0.2) is 42.9 Å². The van der Waals surface area contributed by atoms with E-state index in [0.717, 1.165) is 42.9 Å². The van der Waals surface area contributed by atoms with Crippen molar-refractivity contribution < 1.29 is 4.79 Å². The summed E-state index contributed by atoms with van der Waals surface area (Å²) in [7, 11) is 2.03. The Morgan fingerprint density at radius 2 is 2.16 bits per heavy atom. The molecule has 128 valence electrons. The predicted molar refractivity (Wildman–Crippen MR) is 95.4 cm³/mol. The molecule has 2 aromatic heterocycles. The number of nitrogens with zero attached hydrogens (tertiary/aromatic N) is 5. The number of aryl methyl sites for hydroxylation is 1. The Labute approximate surface area is 145 Å². The van der Waals surface area contributed by atoms with Crippen LogP contribution in [0.3, 0.4) is 0 Å². The molecule has 3 heterocycles.